The highest BCUT2D eigenvalue weighted by Crippen LogP contribution is 2.28. The number of carbonyl (C=O) groups is 1. The molecule has 2 heterocycles. The lowest BCUT2D eigenvalue weighted by Crippen LogP contribution is -1.89. The zero-order valence-electron chi connectivity index (χ0n) is 9.33. The highest BCUT2D eigenvalue weighted by molar-refractivity contribution is 7.17. The Morgan fingerprint density at radius 3 is 2.67 bits per heavy atom. The maximum absolute atomic E-state index is 10.8. The van der Waals surface area contributed by atoms with Crippen LogP contribution in [0.4, 0.5) is 0 Å². The Bertz CT molecular complexity index is 733. The van der Waals surface area contributed by atoms with Crippen molar-refractivity contribution >= 4 is 28.2 Å². The normalized spacial score (nSPS) is 10.7. The van der Waals surface area contributed by atoms with Crippen LogP contribution in [0.5, 0.6) is 0 Å². The fraction of sp³-hybridized carbons (Fsp3) is 0. The molecule has 1 aromatic carbocycles. The number of pyridine rings is 1. The second kappa shape index (κ2) is 4.23. The van der Waals surface area contributed by atoms with E-state index in [1.54, 1.807) is 12.1 Å². The van der Waals surface area contributed by atoms with Crippen molar-refractivity contribution in [2.24, 2.45) is 0 Å². The van der Waals surface area contributed by atoms with Crippen LogP contribution in [0, 0.1) is 0 Å². The monoisotopic (exact) mass is 255 g/mol. The fourth-order valence-corrected chi connectivity index (χ4v) is 2.61. The number of fused-ring (bicyclic) bond motifs is 1. The molecule has 0 unspecified atom stereocenters. The molecule has 0 atom stereocenters. The Kier molecular flexibility index (Phi) is 2.57. The second-order valence-electron chi connectivity index (χ2n) is 3.86. The molecule has 0 radical (unpaired) electrons. The third-order valence-electron chi connectivity index (χ3n) is 2.67. The van der Waals surface area contributed by atoms with E-state index in [9.17, 15) is 4.79 Å². The van der Waals surface area contributed by atoms with E-state index in [2.05, 4.69) is 4.98 Å². The van der Waals surface area contributed by atoms with Crippen molar-refractivity contribution in [1.82, 2.24) is 4.98 Å². The summed E-state index contributed by atoms with van der Waals surface area (Å²) in [6, 6.07) is 15.2. The predicted molar refractivity (Wildman–Crippen MR) is 72.0 cm³/mol. The molecule has 0 amide bonds. The standard InChI is InChI=1S/C14H9NO2S/c16-14(17)13-8-7-12(18-13)11-6-5-9-3-1-2-4-10(9)15-11/h1-8H,(H,16,17). The SMILES string of the molecule is O=C(O)c1ccc(-c2ccc3ccccc3n2)s1. The maximum Gasteiger partial charge on any atom is 0.345 e. The summed E-state index contributed by atoms with van der Waals surface area (Å²) in [5.74, 6) is -0.896. The lowest BCUT2D eigenvalue weighted by molar-refractivity contribution is 0.0702. The summed E-state index contributed by atoms with van der Waals surface area (Å²) in [6.07, 6.45) is 0. The van der Waals surface area contributed by atoms with E-state index in [-0.39, 0.29) is 0 Å². The van der Waals surface area contributed by atoms with E-state index in [1.165, 1.54) is 11.3 Å². The summed E-state index contributed by atoms with van der Waals surface area (Å²) in [4.78, 5) is 16.6. The molecule has 2 aromatic heterocycles. The number of thiophene rings is 1. The Hall–Kier alpha value is -2.20. The van der Waals surface area contributed by atoms with Crippen molar-refractivity contribution in [3.8, 4) is 10.6 Å². The number of hydrogen-bond acceptors (Lipinski definition) is 3. The molecule has 0 bridgehead atoms. The van der Waals surface area contributed by atoms with Crippen LogP contribution in [0.3, 0.4) is 0 Å². The predicted octanol–water partition coefficient (Wildman–Crippen LogP) is 3.66. The molecule has 0 fully saturated rings. The van der Waals surface area contributed by atoms with E-state index in [4.69, 9.17) is 5.11 Å². The number of benzene rings is 1. The summed E-state index contributed by atoms with van der Waals surface area (Å²) < 4.78 is 0. The summed E-state index contributed by atoms with van der Waals surface area (Å²) >= 11 is 1.24. The van der Waals surface area contributed by atoms with Crippen LogP contribution in [0.15, 0.2) is 48.5 Å². The first kappa shape index (κ1) is 10.9. The van der Waals surface area contributed by atoms with Gasteiger partial charge in [-0.3, -0.25) is 0 Å². The topological polar surface area (TPSA) is 50.2 Å². The number of aromatic nitrogens is 1. The molecule has 3 nitrogen and oxygen atoms in total. The van der Waals surface area contributed by atoms with E-state index in [0.717, 1.165) is 21.5 Å². The van der Waals surface area contributed by atoms with Gasteiger partial charge in [-0.15, -0.1) is 11.3 Å². The van der Waals surface area contributed by atoms with Crippen LogP contribution in [0.1, 0.15) is 9.67 Å². The van der Waals surface area contributed by atoms with Gasteiger partial charge < -0.3 is 5.11 Å². The smallest absolute Gasteiger partial charge is 0.345 e. The molecule has 0 spiro atoms. The number of nitrogens with zero attached hydrogens (tertiary/aromatic N) is 1. The van der Waals surface area contributed by atoms with Gasteiger partial charge >= 0.3 is 5.97 Å². The summed E-state index contributed by atoms with van der Waals surface area (Å²) in [5.41, 5.74) is 1.73. The van der Waals surface area contributed by atoms with Gasteiger partial charge in [0.2, 0.25) is 0 Å². The van der Waals surface area contributed by atoms with Gasteiger partial charge in [-0.05, 0) is 24.3 Å². The van der Waals surface area contributed by atoms with Crippen LogP contribution >= 0.6 is 11.3 Å². The van der Waals surface area contributed by atoms with Gasteiger partial charge in [0, 0.05) is 5.39 Å². The summed E-state index contributed by atoms with van der Waals surface area (Å²) in [7, 11) is 0. The van der Waals surface area contributed by atoms with Gasteiger partial charge in [0.15, 0.2) is 0 Å². The van der Waals surface area contributed by atoms with E-state index >= 15 is 0 Å². The number of para-hydroxylation sites is 1. The van der Waals surface area contributed by atoms with Crippen molar-refractivity contribution in [2.45, 2.75) is 0 Å². The van der Waals surface area contributed by atoms with E-state index in [0.29, 0.717) is 4.88 Å². The number of carboxylic acids is 1. The van der Waals surface area contributed by atoms with Crippen molar-refractivity contribution in [2.75, 3.05) is 0 Å². The van der Waals surface area contributed by atoms with Crippen LogP contribution in [-0.4, -0.2) is 16.1 Å². The first-order valence-corrected chi connectivity index (χ1v) is 6.25. The van der Waals surface area contributed by atoms with Crippen molar-refractivity contribution in [3.05, 3.63) is 53.4 Å². The van der Waals surface area contributed by atoms with Crippen molar-refractivity contribution in [1.29, 1.82) is 0 Å². The van der Waals surface area contributed by atoms with Crippen LogP contribution in [0.25, 0.3) is 21.5 Å². The molecule has 1 N–H and O–H groups in total. The molecule has 0 aliphatic heterocycles. The molecule has 0 saturated heterocycles. The molecule has 3 aromatic rings. The first-order chi connectivity index (χ1) is 8.74. The Labute approximate surface area is 107 Å². The van der Waals surface area contributed by atoms with Gasteiger partial charge in [0.1, 0.15) is 4.88 Å². The largest absolute Gasteiger partial charge is 0.477 e. The molecule has 88 valence electrons. The third kappa shape index (κ3) is 1.87. The maximum atomic E-state index is 10.8. The highest BCUT2D eigenvalue weighted by atomic mass is 32.1. The minimum absolute atomic E-state index is 0.333. The second-order valence-corrected chi connectivity index (χ2v) is 4.94. The highest BCUT2D eigenvalue weighted by Gasteiger charge is 2.09. The van der Waals surface area contributed by atoms with Gasteiger partial charge in [0.05, 0.1) is 16.1 Å². The third-order valence-corrected chi connectivity index (χ3v) is 3.76. The molecule has 3 rings (SSSR count). The Balaban J connectivity index is 2.10. The van der Waals surface area contributed by atoms with Crippen LogP contribution < -0.4 is 0 Å². The molecule has 0 saturated carbocycles. The summed E-state index contributed by atoms with van der Waals surface area (Å²) in [5, 5.41) is 9.99. The molecule has 0 aliphatic carbocycles. The summed E-state index contributed by atoms with van der Waals surface area (Å²) in [6.45, 7) is 0. The van der Waals surface area contributed by atoms with E-state index < -0.39 is 5.97 Å². The number of carboxylic acid groups (broad SMARTS) is 1. The molecular formula is C14H9NO2S. The Morgan fingerprint density at radius 2 is 1.89 bits per heavy atom. The fourth-order valence-electron chi connectivity index (χ4n) is 1.79. The van der Waals surface area contributed by atoms with E-state index in [1.807, 2.05) is 36.4 Å². The zero-order valence-corrected chi connectivity index (χ0v) is 10.1. The lowest BCUT2D eigenvalue weighted by Gasteiger charge is -2.00. The minimum atomic E-state index is -0.896. The Morgan fingerprint density at radius 1 is 1.06 bits per heavy atom. The number of aromatic carboxylic acids is 1. The zero-order chi connectivity index (χ0) is 12.5. The molecule has 4 heteroatoms. The van der Waals surface area contributed by atoms with Crippen molar-refractivity contribution < 1.29 is 9.90 Å². The van der Waals surface area contributed by atoms with Gasteiger partial charge in [0.25, 0.3) is 0 Å². The first-order valence-electron chi connectivity index (χ1n) is 5.43. The average molecular weight is 255 g/mol. The van der Waals surface area contributed by atoms with Crippen LogP contribution in [-0.2, 0) is 0 Å². The van der Waals surface area contributed by atoms with Crippen LogP contribution in [0.2, 0.25) is 0 Å². The minimum Gasteiger partial charge on any atom is -0.477 e. The van der Waals surface area contributed by atoms with Gasteiger partial charge in [-0.1, -0.05) is 24.3 Å². The molecular weight excluding hydrogens is 246 g/mol. The van der Waals surface area contributed by atoms with Crippen molar-refractivity contribution in [3.63, 3.8) is 0 Å². The number of hydrogen-bond donors (Lipinski definition) is 1. The molecule has 18 heavy (non-hydrogen) atoms. The van der Waals surface area contributed by atoms with Gasteiger partial charge in [-0.25, -0.2) is 9.78 Å². The molecule has 0 aliphatic rings. The van der Waals surface area contributed by atoms with Gasteiger partial charge in [-0.2, -0.15) is 0 Å². The number of rotatable bonds is 2. The lowest BCUT2D eigenvalue weighted by atomic mass is 10.2. The quantitative estimate of drug-likeness (QED) is 0.760. The average Bonchev–Trinajstić information content (AvgIpc) is 2.88.